The van der Waals surface area contributed by atoms with Crippen molar-refractivity contribution in [2.24, 2.45) is 0 Å². The molecule has 3 aromatic heterocycles. The van der Waals surface area contributed by atoms with Crippen LogP contribution in [-0.2, 0) is 17.7 Å². The molecule has 0 aliphatic rings. The molecular formula is C23H25N5OS. The molecule has 0 radical (unpaired) electrons. The SMILES string of the molecule is CCn1c(SCc2cc(=O)n3ccccc3n2)nnc1-c1ccc(C(C)(C)C)cc1. The second-order valence-corrected chi connectivity index (χ2v) is 9.12. The Kier molecular flexibility index (Phi) is 5.47. The first-order valence-corrected chi connectivity index (χ1v) is 11.0. The van der Waals surface area contributed by atoms with E-state index in [2.05, 4.69) is 71.7 Å². The highest BCUT2D eigenvalue weighted by Gasteiger charge is 2.16. The van der Waals surface area contributed by atoms with E-state index in [0.29, 0.717) is 11.4 Å². The van der Waals surface area contributed by atoms with Crippen molar-refractivity contribution in [3.63, 3.8) is 0 Å². The van der Waals surface area contributed by atoms with Gasteiger partial charge in [-0.15, -0.1) is 10.2 Å². The standard InChI is InChI=1S/C23H25N5OS/c1-5-27-21(16-9-11-17(12-10-16)23(2,3)4)25-26-22(27)30-15-18-14-20(29)28-13-7-6-8-19(28)24-18/h6-14H,5,15H2,1-4H3. The Bertz CT molecular complexity index is 1240. The first kappa shape index (κ1) is 20.3. The van der Waals surface area contributed by atoms with Crippen molar-refractivity contribution < 1.29 is 0 Å². The minimum Gasteiger partial charge on any atom is -0.302 e. The third-order valence-corrected chi connectivity index (χ3v) is 6.02. The summed E-state index contributed by atoms with van der Waals surface area (Å²) in [4.78, 5) is 16.9. The number of rotatable bonds is 5. The largest absolute Gasteiger partial charge is 0.302 e. The zero-order valence-corrected chi connectivity index (χ0v) is 18.5. The second-order valence-electron chi connectivity index (χ2n) is 8.18. The predicted octanol–water partition coefficient (Wildman–Crippen LogP) is 4.56. The Morgan fingerprint density at radius 2 is 1.80 bits per heavy atom. The van der Waals surface area contributed by atoms with Crippen molar-refractivity contribution in [2.45, 2.75) is 50.6 Å². The summed E-state index contributed by atoms with van der Waals surface area (Å²) in [5.41, 5.74) is 3.76. The quantitative estimate of drug-likeness (QED) is 0.444. The number of fused-ring (bicyclic) bond motifs is 1. The molecule has 6 nitrogen and oxygen atoms in total. The molecule has 0 fully saturated rings. The van der Waals surface area contributed by atoms with Crippen LogP contribution in [0.25, 0.3) is 17.0 Å². The van der Waals surface area contributed by atoms with Gasteiger partial charge in [0.15, 0.2) is 11.0 Å². The Balaban J connectivity index is 1.58. The van der Waals surface area contributed by atoms with Crippen molar-refractivity contribution in [2.75, 3.05) is 0 Å². The summed E-state index contributed by atoms with van der Waals surface area (Å²) >= 11 is 1.54. The molecule has 4 aromatic rings. The smallest absolute Gasteiger partial charge is 0.258 e. The Morgan fingerprint density at radius 1 is 1.03 bits per heavy atom. The summed E-state index contributed by atoms with van der Waals surface area (Å²) in [5, 5.41) is 9.66. The lowest BCUT2D eigenvalue weighted by molar-refractivity contribution is 0.590. The molecule has 7 heteroatoms. The van der Waals surface area contributed by atoms with Crippen LogP contribution in [0.5, 0.6) is 0 Å². The van der Waals surface area contributed by atoms with Crippen molar-refractivity contribution in [3.05, 3.63) is 76.3 Å². The second kappa shape index (κ2) is 8.07. The van der Waals surface area contributed by atoms with Crippen LogP contribution in [0, 0.1) is 0 Å². The zero-order chi connectivity index (χ0) is 21.3. The molecule has 0 atom stereocenters. The van der Waals surface area contributed by atoms with Gasteiger partial charge in [0.25, 0.3) is 5.56 Å². The monoisotopic (exact) mass is 419 g/mol. The normalized spacial score (nSPS) is 11.9. The molecule has 0 aliphatic heterocycles. The van der Waals surface area contributed by atoms with Gasteiger partial charge in [-0.05, 0) is 30.0 Å². The minimum absolute atomic E-state index is 0.0761. The summed E-state index contributed by atoms with van der Waals surface area (Å²) in [6, 6.07) is 15.6. The van der Waals surface area contributed by atoms with Crippen molar-refractivity contribution in [1.82, 2.24) is 24.1 Å². The molecule has 0 spiro atoms. The van der Waals surface area contributed by atoms with E-state index in [-0.39, 0.29) is 11.0 Å². The van der Waals surface area contributed by atoms with E-state index in [9.17, 15) is 4.79 Å². The lowest BCUT2D eigenvalue weighted by Crippen LogP contribution is -2.14. The highest BCUT2D eigenvalue weighted by molar-refractivity contribution is 7.98. The average molecular weight is 420 g/mol. The molecule has 0 bridgehead atoms. The van der Waals surface area contributed by atoms with Gasteiger partial charge in [-0.3, -0.25) is 9.20 Å². The maximum Gasteiger partial charge on any atom is 0.258 e. The fraction of sp³-hybridized carbons (Fsp3) is 0.304. The first-order chi connectivity index (χ1) is 14.4. The van der Waals surface area contributed by atoms with E-state index in [1.54, 1.807) is 28.4 Å². The van der Waals surface area contributed by atoms with E-state index in [0.717, 1.165) is 28.8 Å². The summed E-state index contributed by atoms with van der Waals surface area (Å²) in [6.07, 6.45) is 1.73. The van der Waals surface area contributed by atoms with E-state index >= 15 is 0 Å². The van der Waals surface area contributed by atoms with E-state index in [4.69, 9.17) is 0 Å². The topological polar surface area (TPSA) is 65.1 Å². The van der Waals surface area contributed by atoms with Crippen molar-refractivity contribution >= 4 is 17.4 Å². The molecule has 0 saturated heterocycles. The number of thioether (sulfide) groups is 1. The molecule has 30 heavy (non-hydrogen) atoms. The van der Waals surface area contributed by atoms with Gasteiger partial charge in [0.1, 0.15) is 5.65 Å². The van der Waals surface area contributed by atoms with Crippen LogP contribution in [0.2, 0.25) is 0 Å². The van der Waals surface area contributed by atoms with Gasteiger partial charge in [0, 0.05) is 30.1 Å². The van der Waals surface area contributed by atoms with Crippen LogP contribution in [-0.4, -0.2) is 24.1 Å². The van der Waals surface area contributed by atoms with Crippen LogP contribution in [0.4, 0.5) is 0 Å². The van der Waals surface area contributed by atoms with Crippen molar-refractivity contribution in [3.8, 4) is 11.4 Å². The number of hydrogen-bond donors (Lipinski definition) is 0. The van der Waals surface area contributed by atoms with Gasteiger partial charge in [0.05, 0.1) is 5.69 Å². The molecule has 0 N–H and O–H groups in total. The number of benzene rings is 1. The average Bonchev–Trinajstić information content (AvgIpc) is 3.14. The third-order valence-electron chi connectivity index (χ3n) is 5.02. The molecule has 0 saturated carbocycles. The highest BCUT2D eigenvalue weighted by Crippen LogP contribution is 2.28. The number of pyridine rings is 1. The molecule has 0 amide bonds. The molecule has 0 aliphatic carbocycles. The Morgan fingerprint density at radius 3 is 2.50 bits per heavy atom. The van der Waals surface area contributed by atoms with Crippen LogP contribution in [0.15, 0.2) is 64.7 Å². The molecular weight excluding hydrogens is 394 g/mol. The minimum atomic E-state index is -0.0761. The van der Waals surface area contributed by atoms with E-state index in [1.807, 2.05) is 18.2 Å². The van der Waals surface area contributed by atoms with Gasteiger partial charge in [0.2, 0.25) is 0 Å². The van der Waals surface area contributed by atoms with Gasteiger partial charge < -0.3 is 4.57 Å². The zero-order valence-electron chi connectivity index (χ0n) is 17.7. The molecule has 1 aromatic carbocycles. The number of aromatic nitrogens is 5. The van der Waals surface area contributed by atoms with Crippen LogP contribution in [0.1, 0.15) is 39.0 Å². The molecule has 154 valence electrons. The molecule has 3 heterocycles. The van der Waals surface area contributed by atoms with Gasteiger partial charge in [-0.25, -0.2) is 4.98 Å². The molecule has 4 rings (SSSR count). The number of hydrogen-bond acceptors (Lipinski definition) is 5. The van der Waals surface area contributed by atoms with Crippen LogP contribution >= 0.6 is 11.8 Å². The lowest BCUT2D eigenvalue weighted by Gasteiger charge is -2.19. The van der Waals surface area contributed by atoms with Crippen LogP contribution in [0.3, 0.4) is 0 Å². The Labute approximate surface area is 180 Å². The van der Waals surface area contributed by atoms with Gasteiger partial charge in [-0.2, -0.15) is 0 Å². The summed E-state index contributed by atoms with van der Waals surface area (Å²) < 4.78 is 3.65. The van der Waals surface area contributed by atoms with E-state index in [1.165, 1.54) is 5.56 Å². The van der Waals surface area contributed by atoms with Crippen molar-refractivity contribution in [1.29, 1.82) is 0 Å². The van der Waals surface area contributed by atoms with Gasteiger partial charge >= 0.3 is 0 Å². The fourth-order valence-corrected chi connectivity index (χ4v) is 4.22. The first-order valence-electron chi connectivity index (χ1n) is 10.0. The fourth-order valence-electron chi connectivity index (χ4n) is 3.33. The maximum absolute atomic E-state index is 12.3. The van der Waals surface area contributed by atoms with Gasteiger partial charge in [-0.1, -0.05) is 62.9 Å². The van der Waals surface area contributed by atoms with Crippen LogP contribution < -0.4 is 5.56 Å². The summed E-state index contributed by atoms with van der Waals surface area (Å²) in [7, 11) is 0. The number of nitrogens with zero attached hydrogens (tertiary/aromatic N) is 5. The third kappa shape index (κ3) is 4.03. The molecule has 0 unspecified atom stereocenters. The summed E-state index contributed by atoms with van der Waals surface area (Å²) in [6.45, 7) is 9.47. The summed E-state index contributed by atoms with van der Waals surface area (Å²) in [5.74, 6) is 1.41. The Hall–Kier alpha value is -2.93. The lowest BCUT2D eigenvalue weighted by atomic mass is 9.87. The maximum atomic E-state index is 12.3. The van der Waals surface area contributed by atoms with E-state index < -0.39 is 0 Å². The highest BCUT2D eigenvalue weighted by atomic mass is 32.2. The predicted molar refractivity (Wildman–Crippen MR) is 121 cm³/mol.